The second kappa shape index (κ2) is 9.63. The van der Waals surface area contributed by atoms with Gasteiger partial charge in [0.25, 0.3) is 0 Å². The molecule has 0 atom stereocenters. The monoisotopic (exact) mass is 324 g/mol. The molecular weight excluding hydrogens is 288 g/mol. The van der Waals surface area contributed by atoms with Crippen LogP contribution in [0, 0.1) is 0 Å². The maximum Gasteiger partial charge on any atom is 0.237 e. The molecule has 0 aromatic heterocycles. The first kappa shape index (κ1) is 18.7. The highest BCUT2D eigenvalue weighted by atomic mass is 16.3. The molecule has 2 aliphatic carbocycles. The number of hydrogen-bond acceptors (Lipinski definition) is 3. The number of nitrogens with zero attached hydrogens (tertiary/aromatic N) is 2. The highest BCUT2D eigenvalue weighted by Gasteiger charge is 2.33. The van der Waals surface area contributed by atoms with Gasteiger partial charge in [-0.15, -0.1) is 0 Å². The van der Waals surface area contributed by atoms with Crippen LogP contribution in [0.4, 0.5) is 0 Å². The van der Waals surface area contributed by atoms with Crippen LogP contribution in [-0.4, -0.2) is 58.6 Å². The predicted octanol–water partition coefficient (Wildman–Crippen LogP) is 3.18. The summed E-state index contributed by atoms with van der Waals surface area (Å²) in [6, 6.07) is 1.22. The van der Waals surface area contributed by atoms with Gasteiger partial charge in [0.2, 0.25) is 5.91 Å². The molecule has 0 radical (unpaired) electrons. The van der Waals surface area contributed by atoms with E-state index in [1.165, 1.54) is 64.2 Å². The molecule has 1 amide bonds. The Morgan fingerprint density at radius 1 is 0.957 bits per heavy atom. The zero-order valence-corrected chi connectivity index (χ0v) is 15.2. The molecule has 0 saturated heterocycles. The Bertz CT molecular complexity index is 329. The molecule has 2 fully saturated rings. The van der Waals surface area contributed by atoms with Crippen molar-refractivity contribution in [2.45, 2.75) is 96.2 Å². The maximum absolute atomic E-state index is 13.1. The standard InChI is InChI=1S/C19H36N2O2/c1-16(2)20(13-14-22)15-19(23)21(17-9-5-3-6-10-17)18-11-7-4-8-12-18/h16-18,22H,3-15H2,1-2H3. The van der Waals surface area contributed by atoms with E-state index in [1.54, 1.807) is 0 Å². The van der Waals surface area contributed by atoms with Gasteiger partial charge in [-0.25, -0.2) is 0 Å². The Labute approximate surface area is 142 Å². The van der Waals surface area contributed by atoms with Crippen LogP contribution in [0.3, 0.4) is 0 Å². The molecular formula is C19H36N2O2. The minimum atomic E-state index is 0.123. The van der Waals surface area contributed by atoms with Gasteiger partial charge in [0.1, 0.15) is 0 Å². The van der Waals surface area contributed by atoms with Crippen LogP contribution < -0.4 is 0 Å². The van der Waals surface area contributed by atoms with Crippen molar-refractivity contribution in [3.63, 3.8) is 0 Å². The van der Waals surface area contributed by atoms with Crippen LogP contribution >= 0.6 is 0 Å². The molecule has 0 aromatic carbocycles. The van der Waals surface area contributed by atoms with Crippen LogP contribution in [0.1, 0.15) is 78.1 Å². The lowest BCUT2D eigenvalue weighted by Gasteiger charge is -2.43. The number of rotatable bonds is 7. The van der Waals surface area contributed by atoms with Gasteiger partial charge in [0, 0.05) is 24.7 Å². The van der Waals surface area contributed by atoms with Crippen molar-refractivity contribution in [2.75, 3.05) is 19.7 Å². The molecule has 0 unspecified atom stereocenters. The van der Waals surface area contributed by atoms with E-state index >= 15 is 0 Å². The van der Waals surface area contributed by atoms with Crippen LogP contribution in [0.2, 0.25) is 0 Å². The van der Waals surface area contributed by atoms with E-state index in [4.69, 9.17) is 0 Å². The number of amides is 1. The second-order valence-corrected chi connectivity index (χ2v) is 7.67. The van der Waals surface area contributed by atoms with Gasteiger partial charge in [-0.05, 0) is 39.5 Å². The van der Waals surface area contributed by atoms with Crippen LogP contribution in [-0.2, 0) is 4.79 Å². The minimum absolute atomic E-state index is 0.123. The van der Waals surface area contributed by atoms with E-state index < -0.39 is 0 Å². The van der Waals surface area contributed by atoms with Crippen molar-refractivity contribution in [1.82, 2.24) is 9.80 Å². The molecule has 2 saturated carbocycles. The predicted molar refractivity (Wildman–Crippen MR) is 94.4 cm³/mol. The van der Waals surface area contributed by atoms with Gasteiger partial charge in [-0.2, -0.15) is 0 Å². The first-order chi connectivity index (χ1) is 11.1. The lowest BCUT2D eigenvalue weighted by atomic mass is 9.88. The van der Waals surface area contributed by atoms with Crippen molar-refractivity contribution >= 4 is 5.91 Å². The highest BCUT2D eigenvalue weighted by Crippen LogP contribution is 2.30. The molecule has 0 spiro atoms. The molecule has 0 heterocycles. The number of hydrogen-bond donors (Lipinski definition) is 1. The fourth-order valence-electron chi connectivity index (χ4n) is 4.33. The summed E-state index contributed by atoms with van der Waals surface area (Å²) in [6.07, 6.45) is 12.5. The molecule has 4 nitrogen and oxygen atoms in total. The van der Waals surface area contributed by atoms with E-state index in [0.717, 1.165) is 0 Å². The fourth-order valence-corrected chi connectivity index (χ4v) is 4.33. The quantitative estimate of drug-likeness (QED) is 0.782. The minimum Gasteiger partial charge on any atom is -0.395 e. The Morgan fingerprint density at radius 2 is 1.43 bits per heavy atom. The lowest BCUT2D eigenvalue weighted by Crippen LogP contribution is -2.53. The Kier molecular flexibility index (Phi) is 7.84. The second-order valence-electron chi connectivity index (χ2n) is 7.67. The maximum atomic E-state index is 13.1. The average Bonchev–Trinajstić information content (AvgIpc) is 2.56. The third-order valence-electron chi connectivity index (χ3n) is 5.68. The molecule has 0 aliphatic heterocycles. The third-order valence-corrected chi connectivity index (χ3v) is 5.68. The third kappa shape index (κ3) is 5.46. The normalized spacial score (nSPS) is 21.1. The van der Waals surface area contributed by atoms with Crippen molar-refractivity contribution in [2.24, 2.45) is 0 Å². The summed E-state index contributed by atoms with van der Waals surface area (Å²) in [5.41, 5.74) is 0. The van der Waals surface area contributed by atoms with Crippen LogP contribution in [0.15, 0.2) is 0 Å². The van der Waals surface area contributed by atoms with Gasteiger partial charge in [-0.1, -0.05) is 38.5 Å². The summed E-state index contributed by atoms with van der Waals surface area (Å²) in [7, 11) is 0. The molecule has 0 bridgehead atoms. The molecule has 134 valence electrons. The first-order valence-electron chi connectivity index (χ1n) is 9.79. The van der Waals surface area contributed by atoms with Crippen molar-refractivity contribution in [1.29, 1.82) is 0 Å². The summed E-state index contributed by atoms with van der Waals surface area (Å²) in [5.74, 6) is 0.297. The largest absolute Gasteiger partial charge is 0.395 e. The average molecular weight is 325 g/mol. The Hall–Kier alpha value is -0.610. The van der Waals surface area contributed by atoms with Gasteiger partial charge < -0.3 is 10.0 Å². The van der Waals surface area contributed by atoms with Gasteiger partial charge in [0.05, 0.1) is 13.2 Å². The zero-order valence-electron chi connectivity index (χ0n) is 15.2. The summed E-state index contributed by atoms with van der Waals surface area (Å²) in [4.78, 5) is 17.5. The number of carbonyl (C=O) groups excluding carboxylic acids is 1. The SMILES string of the molecule is CC(C)N(CCO)CC(=O)N(C1CCCCC1)C1CCCCC1. The number of aliphatic hydroxyl groups is 1. The lowest BCUT2D eigenvalue weighted by molar-refractivity contribution is -0.139. The molecule has 0 aromatic rings. The summed E-state index contributed by atoms with van der Waals surface area (Å²) >= 11 is 0. The van der Waals surface area contributed by atoms with E-state index in [1.807, 2.05) is 0 Å². The number of aliphatic hydroxyl groups excluding tert-OH is 1. The molecule has 2 aliphatic rings. The van der Waals surface area contributed by atoms with E-state index in [-0.39, 0.29) is 6.61 Å². The summed E-state index contributed by atoms with van der Waals surface area (Å²) in [6.45, 7) is 5.39. The van der Waals surface area contributed by atoms with E-state index in [9.17, 15) is 9.90 Å². The van der Waals surface area contributed by atoms with Crippen molar-refractivity contribution in [3.8, 4) is 0 Å². The van der Waals surface area contributed by atoms with Gasteiger partial charge in [0.15, 0.2) is 0 Å². The summed E-state index contributed by atoms with van der Waals surface area (Å²) < 4.78 is 0. The molecule has 2 rings (SSSR count). The van der Waals surface area contributed by atoms with E-state index in [0.29, 0.717) is 37.1 Å². The fraction of sp³-hybridized carbons (Fsp3) is 0.947. The van der Waals surface area contributed by atoms with Crippen LogP contribution in [0.5, 0.6) is 0 Å². The Balaban J connectivity index is 2.06. The zero-order chi connectivity index (χ0) is 16.7. The van der Waals surface area contributed by atoms with Gasteiger partial charge >= 0.3 is 0 Å². The molecule has 23 heavy (non-hydrogen) atoms. The number of carbonyl (C=O) groups is 1. The summed E-state index contributed by atoms with van der Waals surface area (Å²) in [5, 5.41) is 9.27. The molecule has 1 N–H and O–H groups in total. The molecule has 4 heteroatoms. The van der Waals surface area contributed by atoms with Crippen LogP contribution in [0.25, 0.3) is 0 Å². The first-order valence-corrected chi connectivity index (χ1v) is 9.79. The van der Waals surface area contributed by atoms with Gasteiger partial charge in [-0.3, -0.25) is 9.69 Å². The topological polar surface area (TPSA) is 43.8 Å². The highest BCUT2D eigenvalue weighted by molar-refractivity contribution is 5.79. The smallest absolute Gasteiger partial charge is 0.237 e. The Morgan fingerprint density at radius 3 is 1.83 bits per heavy atom. The van der Waals surface area contributed by atoms with Crippen molar-refractivity contribution < 1.29 is 9.90 Å². The van der Waals surface area contributed by atoms with Crippen molar-refractivity contribution in [3.05, 3.63) is 0 Å². The van der Waals surface area contributed by atoms with E-state index in [2.05, 4.69) is 23.6 Å².